The Kier molecular flexibility index (Phi) is 3.99. The molecule has 0 fully saturated rings. The monoisotopic (exact) mass is 294 g/mol. The first-order valence-corrected chi connectivity index (χ1v) is 8.06. The number of anilines is 2. The van der Waals surface area contributed by atoms with E-state index in [0.717, 1.165) is 17.6 Å². The van der Waals surface area contributed by atoms with Crippen molar-refractivity contribution < 1.29 is 8.42 Å². The van der Waals surface area contributed by atoms with Crippen LogP contribution in [0.5, 0.6) is 0 Å². The highest BCUT2D eigenvalue weighted by atomic mass is 32.2. The van der Waals surface area contributed by atoms with Gasteiger partial charge < -0.3 is 5.32 Å². The Morgan fingerprint density at radius 1 is 1.15 bits per heavy atom. The van der Waals surface area contributed by atoms with Gasteiger partial charge in [0.2, 0.25) is 10.0 Å². The molecule has 1 heterocycles. The summed E-state index contributed by atoms with van der Waals surface area (Å²) >= 11 is 0. The Bertz CT molecular complexity index is 677. The molecule has 108 valence electrons. The summed E-state index contributed by atoms with van der Waals surface area (Å²) in [7, 11) is -1.34. The van der Waals surface area contributed by atoms with Gasteiger partial charge in [-0.1, -0.05) is 0 Å². The lowest BCUT2D eigenvalue weighted by Gasteiger charge is -2.16. The van der Waals surface area contributed by atoms with E-state index in [1.54, 1.807) is 18.3 Å². The number of aryl methyl sites for hydroxylation is 1. The third-order valence-electron chi connectivity index (χ3n) is 2.87. The molecule has 1 aromatic carbocycles. The van der Waals surface area contributed by atoms with Crippen molar-refractivity contribution in [3.05, 3.63) is 42.2 Å². The van der Waals surface area contributed by atoms with Crippen LogP contribution in [0.15, 0.2) is 36.5 Å². The highest BCUT2D eigenvalue weighted by Crippen LogP contribution is 2.20. The van der Waals surface area contributed by atoms with Gasteiger partial charge in [0.25, 0.3) is 0 Å². The summed E-state index contributed by atoms with van der Waals surface area (Å²) in [6, 6.07) is 9.17. The molecule has 0 spiro atoms. The van der Waals surface area contributed by atoms with Crippen LogP contribution in [0.3, 0.4) is 0 Å². The third kappa shape index (κ3) is 3.74. The molecule has 1 atom stereocenters. The van der Waals surface area contributed by atoms with Crippen LogP contribution in [-0.2, 0) is 17.1 Å². The lowest BCUT2D eigenvalue weighted by Crippen LogP contribution is -2.12. The number of benzene rings is 1. The van der Waals surface area contributed by atoms with E-state index in [9.17, 15) is 8.42 Å². The predicted molar refractivity (Wildman–Crippen MR) is 80.2 cm³/mol. The van der Waals surface area contributed by atoms with Gasteiger partial charge in [-0.3, -0.25) is 9.40 Å². The second-order valence-corrected chi connectivity index (χ2v) is 6.45. The molecule has 0 aliphatic carbocycles. The first-order chi connectivity index (χ1) is 9.35. The highest BCUT2D eigenvalue weighted by molar-refractivity contribution is 7.92. The minimum atomic E-state index is -3.24. The van der Waals surface area contributed by atoms with Crippen LogP contribution in [0.2, 0.25) is 0 Å². The van der Waals surface area contributed by atoms with E-state index in [1.165, 1.54) is 0 Å². The molecule has 0 aliphatic heterocycles. The van der Waals surface area contributed by atoms with Crippen molar-refractivity contribution in [2.45, 2.75) is 13.0 Å². The summed E-state index contributed by atoms with van der Waals surface area (Å²) in [4.78, 5) is 0. The zero-order valence-corrected chi connectivity index (χ0v) is 12.5. The van der Waals surface area contributed by atoms with Crippen LogP contribution in [0.1, 0.15) is 18.7 Å². The summed E-state index contributed by atoms with van der Waals surface area (Å²) in [5.74, 6) is 0. The fourth-order valence-corrected chi connectivity index (χ4v) is 2.55. The average Bonchev–Trinajstić information content (AvgIpc) is 2.76. The normalized spacial score (nSPS) is 12.9. The van der Waals surface area contributed by atoms with Crippen LogP contribution in [-0.4, -0.2) is 24.5 Å². The standard InChI is InChI=1S/C13H18N4O2S/c1-10(13-8-9-14-17(13)2)15-11-4-6-12(7-5-11)16-20(3,18)19/h4-10,15-16H,1-3H3. The maximum Gasteiger partial charge on any atom is 0.229 e. The van der Waals surface area contributed by atoms with E-state index in [4.69, 9.17) is 0 Å². The number of rotatable bonds is 5. The van der Waals surface area contributed by atoms with Crippen LogP contribution >= 0.6 is 0 Å². The lowest BCUT2D eigenvalue weighted by molar-refractivity contribution is 0.607. The Morgan fingerprint density at radius 3 is 2.25 bits per heavy atom. The van der Waals surface area contributed by atoms with Crippen LogP contribution in [0, 0.1) is 0 Å². The Balaban J connectivity index is 2.06. The van der Waals surface area contributed by atoms with Crippen molar-refractivity contribution in [3.8, 4) is 0 Å². The topological polar surface area (TPSA) is 76.0 Å². The number of nitrogens with zero attached hydrogens (tertiary/aromatic N) is 2. The van der Waals surface area contributed by atoms with E-state index in [1.807, 2.05) is 36.9 Å². The largest absolute Gasteiger partial charge is 0.377 e. The van der Waals surface area contributed by atoms with Gasteiger partial charge in [0.15, 0.2) is 0 Å². The summed E-state index contributed by atoms with van der Waals surface area (Å²) in [6.07, 6.45) is 2.89. The molecule has 0 amide bonds. The van der Waals surface area contributed by atoms with Gasteiger partial charge >= 0.3 is 0 Å². The van der Waals surface area contributed by atoms with Gasteiger partial charge in [-0.2, -0.15) is 5.10 Å². The second-order valence-electron chi connectivity index (χ2n) is 4.70. The van der Waals surface area contributed by atoms with Gasteiger partial charge in [-0.25, -0.2) is 8.42 Å². The molecule has 0 saturated heterocycles. The van der Waals surface area contributed by atoms with E-state index in [-0.39, 0.29) is 6.04 Å². The smallest absolute Gasteiger partial charge is 0.229 e. The molecule has 1 unspecified atom stereocenters. The molecule has 0 saturated carbocycles. The molecule has 20 heavy (non-hydrogen) atoms. The zero-order chi connectivity index (χ0) is 14.8. The molecule has 2 aromatic rings. The highest BCUT2D eigenvalue weighted by Gasteiger charge is 2.09. The van der Waals surface area contributed by atoms with Crippen LogP contribution < -0.4 is 10.0 Å². The predicted octanol–water partition coefficient (Wildman–Crippen LogP) is 1.96. The van der Waals surface area contributed by atoms with E-state index < -0.39 is 10.0 Å². The summed E-state index contributed by atoms with van der Waals surface area (Å²) in [5, 5.41) is 7.47. The lowest BCUT2D eigenvalue weighted by atomic mass is 10.2. The first-order valence-electron chi connectivity index (χ1n) is 6.17. The summed E-state index contributed by atoms with van der Waals surface area (Å²) in [5.41, 5.74) is 2.53. The van der Waals surface area contributed by atoms with E-state index in [2.05, 4.69) is 15.1 Å². The summed E-state index contributed by atoms with van der Waals surface area (Å²) in [6.45, 7) is 2.04. The van der Waals surface area contributed by atoms with Gasteiger partial charge in [-0.05, 0) is 37.3 Å². The van der Waals surface area contributed by atoms with Crippen LogP contribution in [0.4, 0.5) is 11.4 Å². The van der Waals surface area contributed by atoms with Crippen molar-refractivity contribution in [1.82, 2.24) is 9.78 Å². The molecular weight excluding hydrogens is 276 g/mol. The molecule has 0 radical (unpaired) electrons. The number of hydrogen-bond donors (Lipinski definition) is 2. The minimum Gasteiger partial charge on any atom is -0.377 e. The fourth-order valence-electron chi connectivity index (χ4n) is 1.98. The van der Waals surface area contributed by atoms with Gasteiger partial charge in [0.1, 0.15) is 0 Å². The Hall–Kier alpha value is -2.02. The number of sulfonamides is 1. The Morgan fingerprint density at radius 2 is 1.75 bits per heavy atom. The Labute approximate surface area is 118 Å². The van der Waals surface area contributed by atoms with Crippen molar-refractivity contribution >= 4 is 21.4 Å². The van der Waals surface area contributed by atoms with Crippen molar-refractivity contribution in [1.29, 1.82) is 0 Å². The molecule has 6 nitrogen and oxygen atoms in total. The van der Waals surface area contributed by atoms with E-state index >= 15 is 0 Å². The fraction of sp³-hybridized carbons (Fsp3) is 0.308. The van der Waals surface area contributed by atoms with Gasteiger partial charge in [-0.15, -0.1) is 0 Å². The maximum atomic E-state index is 11.1. The molecular formula is C13H18N4O2S. The molecule has 2 N–H and O–H groups in total. The number of aromatic nitrogens is 2. The van der Waals surface area contributed by atoms with Gasteiger partial charge in [0, 0.05) is 24.6 Å². The second kappa shape index (κ2) is 5.54. The van der Waals surface area contributed by atoms with Crippen molar-refractivity contribution in [2.75, 3.05) is 16.3 Å². The van der Waals surface area contributed by atoms with Crippen molar-refractivity contribution in [2.24, 2.45) is 7.05 Å². The molecule has 1 aromatic heterocycles. The molecule has 2 rings (SSSR count). The van der Waals surface area contributed by atoms with Gasteiger partial charge in [0.05, 0.1) is 18.0 Å². The molecule has 7 heteroatoms. The zero-order valence-electron chi connectivity index (χ0n) is 11.7. The molecule has 0 bridgehead atoms. The summed E-state index contributed by atoms with van der Waals surface area (Å²) < 4.78 is 26.5. The molecule has 0 aliphatic rings. The van der Waals surface area contributed by atoms with Crippen molar-refractivity contribution in [3.63, 3.8) is 0 Å². The van der Waals surface area contributed by atoms with Crippen LogP contribution in [0.25, 0.3) is 0 Å². The number of nitrogens with one attached hydrogen (secondary N) is 2. The number of hydrogen-bond acceptors (Lipinski definition) is 4. The SMILES string of the molecule is CC(Nc1ccc(NS(C)(=O)=O)cc1)c1ccnn1C. The average molecular weight is 294 g/mol. The first kappa shape index (κ1) is 14.4. The quantitative estimate of drug-likeness (QED) is 0.884. The van der Waals surface area contributed by atoms with E-state index in [0.29, 0.717) is 5.69 Å². The third-order valence-corrected chi connectivity index (χ3v) is 3.48. The maximum absolute atomic E-state index is 11.1. The minimum absolute atomic E-state index is 0.108.